The normalized spacial score (nSPS) is 24.3. The summed E-state index contributed by atoms with van der Waals surface area (Å²) in [5, 5.41) is 29.4. The number of hydrogen-bond donors (Lipinski definition) is 5. The zero-order chi connectivity index (χ0) is 24.3. The van der Waals surface area contributed by atoms with E-state index in [-0.39, 0.29) is 24.2 Å². The van der Waals surface area contributed by atoms with E-state index in [0.717, 1.165) is 41.7 Å². The average Bonchev–Trinajstić information content (AvgIpc) is 2.70. The molecule has 0 spiro atoms. The van der Waals surface area contributed by atoms with Crippen LogP contribution in [0.1, 0.15) is 32.8 Å². The van der Waals surface area contributed by atoms with E-state index >= 15 is 0 Å². The number of para-hydroxylation sites is 1. The molecular weight excluding hydrogens is 416 g/mol. The first kappa shape index (κ1) is 25.0. The Kier molecular flexibility index (Phi) is 7.62. The van der Waals surface area contributed by atoms with Crippen molar-refractivity contribution in [2.75, 3.05) is 45.7 Å². The van der Waals surface area contributed by atoms with E-state index in [0.29, 0.717) is 29.2 Å². The lowest BCUT2D eigenvalue weighted by atomic mass is 9.87. The number of anilines is 1. The predicted octanol–water partition coefficient (Wildman–Crippen LogP) is 2.65. The number of amidine groups is 1. The van der Waals surface area contributed by atoms with Crippen molar-refractivity contribution in [3.8, 4) is 5.75 Å². The summed E-state index contributed by atoms with van der Waals surface area (Å²) in [5.74, 6) is 0.530. The highest BCUT2D eigenvalue weighted by Gasteiger charge is 2.49. The summed E-state index contributed by atoms with van der Waals surface area (Å²) in [6.07, 6.45) is 4.60. The lowest BCUT2D eigenvalue weighted by molar-refractivity contribution is -0.954. The summed E-state index contributed by atoms with van der Waals surface area (Å²) in [6.45, 7) is 9.28. The number of benzene rings is 1. The van der Waals surface area contributed by atoms with Gasteiger partial charge in [0, 0.05) is 29.7 Å². The number of aliphatic hydroxyl groups is 1. The Bertz CT molecular complexity index is 964. The number of likely N-dealkylation sites (tertiary alicyclic amines) is 1. The topological polar surface area (TPSA) is 118 Å². The van der Waals surface area contributed by atoms with Crippen LogP contribution in [0, 0.1) is 10.8 Å². The van der Waals surface area contributed by atoms with Crippen molar-refractivity contribution in [2.24, 2.45) is 5.73 Å². The Morgan fingerprint density at radius 2 is 2.06 bits per heavy atom. The lowest BCUT2D eigenvalue weighted by Crippen LogP contribution is -2.72. The van der Waals surface area contributed by atoms with E-state index in [4.69, 9.17) is 21.3 Å². The van der Waals surface area contributed by atoms with Gasteiger partial charge >= 0.3 is 0 Å². The Hall–Kier alpha value is -2.68. The quantitative estimate of drug-likeness (QED) is 0.223. The summed E-state index contributed by atoms with van der Waals surface area (Å²) in [4.78, 5) is 2.48. The maximum Gasteiger partial charge on any atom is 0.150 e. The second-order valence-corrected chi connectivity index (χ2v) is 9.57. The Morgan fingerprint density at radius 3 is 2.61 bits per heavy atom. The van der Waals surface area contributed by atoms with Gasteiger partial charge in [-0.2, -0.15) is 0 Å². The fourth-order valence-corrected chi connectivity index (χ4v) is 5.02. The maximum atomic E-state index is 10.6. The zero-order valence-corrected chi connectivity index (χ0v) is 20.5. The molecule has 8 nitrogen and oxygen atoms in total. The van der Waals surface area contributed by atoms with Crippen molar-refractivity contribution in [1.82, 2.24) is 4.90 Å². The number of quaternary nitrogens is 1. The monoisotopic (exact) mass is 455 g/mol. The van der Waals surface area contributed by atoms with Crippen LogP contribution in [0.15, 0.2) is 36.0 Å². The minimum absolute atomic E-state index is 0.0427. The summed E-state index contributed by atoms with van der Waals surface area (Å²) >= 11 is 0. The molecule has 2 heterocycles. The van der Waals surface area contributed by atoms with Crippen LogP contribution in [0.25, 0.3) is 5.57 Å². The number of nitrogens with zero attached hydrogens (tertiary/aromatic N) is 2. The molecule has 1 fully saturated rings. The van der Waals surface area contributed by atoms with Crippen molar-refractivity contribution < 1.29 is 14.3 Å². The van der Waals surface area contributed by atoms with Crippen molar-refractivity contribution >= 4 is 22.8 Å². The molecule has 2 aliphatic rings. The summed E-state index contributed by atoms with van der Waals surface area (Å²) < 4.78 is 6.66. The van der Waals surface area contributed by atoms with Crippen LogP contribution in [0.2, 0.25) is 0 Å². The van der Waals surface area contributed by atoms with E-state index < -0.39 is 0 Å². The predicted molar refractivity (Wildman–Crippen MR) is 135 cm³/mol. The van der Waals surface area contributed by atoms with Gasteiger partial charge in [0.2, 0.25) is 0 Å². The summed E-state index contributed by atoms with van der Waals surface area (Å²) in [5.41, 5.74) is 8.98. The summed E-state index contributed by atoms with van der Waals surface area (Å²) in [6, 6.07) is 6.85. The highest BCUT2D eigenvalue weighted by atomic mass is 16.5. The third kappa shape index (κ3) is 4.98. The maximum absolute atomic E-state index is 10.6. The molecule has 2 atom stereocenters. The van der Waals surface area contributed by atoms with Crippen LogP contribution >= 0.6 is 0 Å². The Morgan fingerprint density at radius 1 is 1.36 bits per heavy atom. The standard InChI is InChI=1S/C25H39N6O2/c1-16(2)30-13-18(14-30)31(4)11-7-9-19(23(31)15-32)20-8-6-10-21(25(20)33-5)29-22(17(3)26)12-24(27)28/h6,8-10,12,16,18,23,26,29,32H,7,11,13-15H2,1-5H3,(H3,27,28)/q+1/b22-12+,26-17?. The largest absolute Gasteiger partial charge is 0.494 e. The molecule has 1 aromatic rings. The van der Waals surface area contributed by atoms with Crippen molar-refractivity contribution in [3.63, 3.8) is 0 Å². The number of methoxy groups -OCH3 is 1. The molecule has 1 saturated heterocycles. The number of ether oxygens (including phenoxy) is 1. The number of allylic oxidation sites excluding steroid dienone is 1. The number of nitrogens with two attached hydrogens (primary N) is 1. The van der Waals surface area contributed by atoms with Gasteiger partial charge in [0.15, 0.2) is 0 Å². The Labute approximate surface area is 197 Å². The third-order valence-corrected chi connectivity index (χ3v) is 7.18. The van der Waals surface area contributed by atoms with Gasteiger partial charge in [-0.25, -0.2) is 0 Å². The van der Waals surface area contributed by atoms with Crippen LogP contribution in [0.4, 0.5) is 5.69 Å². The summed E-state index contributed by atoms with van der Waals surface area (Å²) in [7, 11) is 3.91. The van der Waals surface area contributed by atoms with Crippen molar-refractivity contribution in [2.45, 2.75) is 45.3 Å². The van der Waals surface area contributed by atoms with Crippen LogP contribution in [-0.4, -0.2) is 84.6 Å². The van der Waals surface area contributed by atoms with E-state index in [1.807, 2.05) is 18.2 Å². The first-order valence-corrected chi connectivity index (χ1v) is 11.6. The van der Waals surface area contributed by atoms with Gasteiger partial charge in [0.05, 0.1) is 57.5 Å². The SMILES string of the molecule is COc1c(N/C(=C/C(=N)N)C(C)=N)cccc1C1=CCC[N+](C)(C2CN(C(C)C)C2)C1CO. The number of hydrogen-bond acceptors (Lipinski definition) is 6. The number of nitrogens with one attached hydrogen (secondary N) is 3. The molecule has 180 valence electrons. The van der Waals surface area contributed by atoms with Gasteiger partial charge in [-0.15, -0.1) is 0 Å². The molecule has 2 unspecified atom stereocenters. The van der Waals surface area contributed by atoms with Crippen molar-refractivity contribution in [1.29, 1.82) is 10.8 Å². The molecule has 1 aromatic carbocycles. The molecule has 0 aliphatic carbocycles. The fraction of sp³-hybridized carbons (Fsp3) is 0.520. The molecular formula is C25H39N6O2+. The van der Waals surface area contributed by atoms with E-state index in [1.54, 1.807) is 14.0 Å². The van der Waals surface area contributed by atoms with Gasteiger partial charge in [-0.1, -0.05) is 18.2 Å². The molecule has 0 saturated carbocycles. The second-order valence-electron chi connectivity index (χ2n) is 9.57. The fourth-order valence-electron chi connectivity index (χ4n) is 5.02. The molecule has 33 heavy (non-hydrogen) atoms. The minimum atomic E-state index is -0.126. The molecule has 2 aliphatic heterocycles. The van der Waals surface area contributed by atoms with Crippen LogP contribution < -0.4 is 15.8 Å². The molecule has 3 rings (SSSR count). The third-order valence-electron chi connectivity index (χ3n) is 7.18. The van der Waals surface area contributed by atoms with E-state index in [2.05, 4.69) is 37.2 Å². The zero-order valence-electron chi connectivity index (χ0n) is 20.5. The van der Waals surface area contributed by atoms with Gasteiger partial charge in [-0.05, 0) is 26.8 Å². The molecule has 8 heteroatoms. The van der Waals surface area contributed by atoms with E-state index in [9.17, 15) is 5.11 Å². The molecule has 0 amide bonds. The second kappa shape index (κ2) is 10.1. The molecule has 0 bridgehead atoms. The van der Waals surface area contributed by atoms with Gasteiger partial charge in [-0.3, -0.25) is 10.3 Å². The first-order valence-electron chi connectivity index (χ1n) is 11.6. The van der Waals surface area contributed by atoms with E-state index in [1.165, 1.54) is 6.08 Å². The molecule has 6 N–H and O–H groups in total. The van der Waals surface area contributed by atoms with Gasteiger partial charge < -0.3 is 30.8 Å². The van der Waals surface area contributed by atoms with Crippen LogP contribution in [-0.2, 0) is 0 Å². The van der Waals surface area contributed by atoms with Crippen LogP contribution in [0.5, 0.6) is 5.75 Å². The lowest BCUT2D eigenvalue weighted by Gasteiger charge is -2.56. The minimum Gasteiger partial charge on any atom is -0.494 e. The van der Waals surface area contributed by atoms with Crippen LogP contribution in [0.3, 0.4) is 0 Å². The smallest absolute Gasteiger partial charge is 0.150 e. The highest BCUT2D eigenvalue weighted by molar-refractivity contribution is 6.05. The van der Waals surface area contributed by atoms with Gasteiger partial charge in [0.25, 0.3) is 0 Å². The van der Waals surface area contributed by atoms with Crippen molar-refractivity contribution in [3.05, 3.63) is 41.6 Å². The highest BCUT2D eigenvalue weighted by Crippen LogP contribution is 2.42. The average molecular weight is 456 g/mol. The van der Waals surface area contributed by atoms with Gasteiger partial charge in [0.1, 0.15) is 23.7 Å². The molecule has 0 radical (unpaired) electrons. The first-order chi connectivity index (χ1) is 15.6. The Balaban J connectivity index is 1.97. The number of rotatable bonds is 9. The number of likely N-dealkylation sites (N-methyl/N-ethyl adjacent to an activating group) is 1. The molecule has 0 aromatic heterocycles. The number of aliphatic hydroxyl groups excluding tert-OH is 1.